The fourth-order valence-electron chi connectivity index (χ4n) is 1.14. The summed E-state index contributed by atoms with van der Waals surface area (Å²) in [7, 11) is 0. The zero-order valence-electron chi connectivity index (χ0n) is 7.67. The maximum Gasteiger partial charge on any atom is 0.179 e. The third-order valence-electron chi connectivity index (χ3n) is 1.74. The zero-order chi connectivity index (χ0) is 10.0. The van der Waals surface area contributed by atoms with E-state index in [-0.39, 0.29) is 5.78 Å². The maximum atomic E-state index is 11.5. The van der Waals surface area contributed by atoms with E-state index in [2.05, 4.69) is 0 Å². The van der Waals surface area contributed by atoms with Crippen molar-refractivity contribution in [2.75, 3.05) is 0 Å². The summed E-state index contributed by atoms with van der Waals surface area (Å²) in [5, 5.41) is 0.573. The van der Waals surface area contributed by atoms with Gasteiger partial charge in [-0.3, -0.25) is 4.79 Å². The summed E-state index contributed by atoms with van der Waals surface area (Å²) in [6.45, 7) is 3.56. The summed E-state index contributed by atoms with van der Waals surface area (Å²) in [5.74, 6) is -0.0781. The minimum atomic E-state index is -0.474. The number of rotatable bonds is 2. The number of carbonyl (C=O) groups excluding carboxylic acids is 1. The van der Waals surface area contributed by atoms with Crippen LogP contribution in [0.3, 0.4) is 0 Å². The number of hydrogen-bond donors (Lipinski definition) is 1. The Morgan fingerprint density at radius 1 is 1.46 bits per heavy atom. The van der Waals surface area contributed by atoms with Crippen LogP contribution >= 0.6 is 11.6 Å². The fourth-order valence-corrected chi connectivity index (χ4v) is 1.43. The molecule has 1 aromatic carbocycles. The average Bonchev–Trinajstić information content (AvgIpc) is 2.01. The molecule has 0 aliphatic carbocycles. The van der Waals surface area contributed by atoms with Gasteiger partial charge in [0, 0.05) is 10.6 Å². The SMILES string of the molecule is Cc1cc(Cl)cc(C(=O)C(C)N)c1. The summed E-state index contributed by atoms with van der Waals surface area (Å²) >= 11 is 5.81. The van der Waals surface area contributed by atoms with Gasteiger partial charge in [-0.15, -0.1) is 0 Å². The normalized spacial score (nSPS) is 12.6. The minimum Gasteiger partial charge on any atom is -0.321 e. The Labute approximate surface area is 82.7 Å². The van der Waals surface area contributed by atoms with Gasteiger partial charge in [-0.05, 0) is 37.6 Å². The number of aryl methyl sites for hydroxylation is 1. The van der Waals surface area contributed by atoms with E-state index < -0.39 is 6.04 Å². The fraction of sp³-hybridized carbons (Fsp3) is 0.300. The summed E-state index contributed by atoms with van der Waals surface area (Å²) in [4.78, 5) is 11.5. The van der Waals surface area contributed by atoms with Crippen molar-refractivity contribution in [3.05, 3.63) is 34.3 Å². The molecule has 1 unspecified atom stereocenters. The van der Waals surface area contributed by atoms with Crippen LogP contribution < -0.4 is 5.73 Å². The summed E-state index contributed by atoms with van der Waals surface area (Å²) in [6.07, 6.45) is 0. The Morgan fingerprint density at radius 2 is 2.08 bits per heavy atom. The first-order chi connectivity index (χ1) is 6.00. The van der Waals surface area contributed by atoms with Crippen LogP contribution in [0, 0.1) is 6.92 Å². The van der Waals surface area contributed by atoms with Gasteiger partial charge >= 0.3 is 0 Å². The van der Waals surface area contributed by atoms with Crippen molar-refractivity contribution < 1.29 is 4.79 Å². The Morgan fingerprint density at radius 3 is 2.54 bits per heavy atom. The highest BCUT2D eigenvalue weighted by Gasteiger charge is 2.11. The summed E-state index contributed by atoms with van der Waals surface area (Å²) < 4.78 is 0. The third-order valence-corrected chi connectivity index (χ3v) is 1.96. The minimum absolute atomic E-state index is 0.0781. The van der Waals surface area contributed by atoms with Crippen LogP contribution in [0.5, 0.6) is 0 Å². The molecule has 0 spiro atoms. The van der Waals surface area contributed by atoms with Crippen molar-refractivity contribution in [3.63, 3.8) is 0 Å². The quantitative estimate of drug-likeness (QED) is 0.739. The van der Waals surface area contributed by atoms with Crippen LogP contribution in [-0.4, -0.2) is 11.8 Å². The lowest BCUT2D eigenvalue weighted by Crippen LogP contribution is -2.26. The standard InChI is InChI=1S/C10H12ClNO/c1-6-3-8(5-9(11)4-6)10(13)7(2)12/h3-5,7H,12H2,1-2H3. The molecule has 1 rings (SSSR count). The Hall–Kier alpha value is -0.860. The van der Waals surface area contributed by atoms with Crippen molar-refractivity contribution in [1.29, 1.82) is 0 Å². The average molecular weight is 198 g/mol. The largest absolute Gasteiger partial charge is 0.321 e. The van der Waals surface area contributed by atoms with Crippen LogP contribution in [0.2, 0.25) is 5.02 Å². The van der Waals surface area contributed by atoms with E-state index in [9.17, 15) is 4.79 Å². The topological polar surface area (TPSA) is 43.1 Å². The summed E-state index contributed by atoms with van der Waals surface area (Å²) in [6, 6.07) is 4.76. The molecule has 0 bridgehead atoms. The van der Waals surface area contributed by atoms with E-state index in [0.29, 0.717) is 10.6 Å². The van der Waals surface area contributed by atoms with Gasteiger partial charge < -0.3 is 5.73 Å². The van der Waals surface area contributed by atoms with Gasteiger partial charge in [0.2, 0.25) is 0 Å². The van der Waals surface area contributed by atoms with E-state index in [0.717, 1.165) is 5.56 Å². The van der Waals surface area contributed by atoms with Crippen molar-refractivity contribution >= 4 is 17.4 Å². The Balaban J connectivity index is 3.08. The summed E-state index contributed by atoms with van der Waals surface area (Å²) in [5.41, 5.74) is 7.03. The molecule has 1 atom stereocenters. The molecule has 0 saturated heterocycles. The molecule has 0 aromatic heterocycles. The molecule has 70 valence electrons. The molecular formula is C10H12ClNO. The predicted molar refractivity (Wildman–Crippen MR) is 54.2 cm³/mol. The van der Waals surface area contributed by atoms with Crippen LogP contribution in [0.25, 0.3) is 0 Å². The van der Waals surface area contributed by atoms with Crippen LogP contribution in [0.4, 0.5) is 0 Å². The van der Waals surface area contributed by atoms with Gasteiger partial charge in [0.05, 0.1) is 6.04 Å². The van der Waals surface area contributed by atoms with Crippen LogP contribution in [0.15, 0.2) is 18.2 Å². The van der Waals surface area contributed by atoms with Crippen molar-refractivity contribution in [3.8, 4) is 0 Å². The number of ketones is 1. The lowest BCUT2D eigenvalue weighted by molar-refractivity contribution is 0.0968. The number of Topliss-reactive ketones (excluding diaryl/α,β-unsaturated/α-hetero) is 1. The second kappa shape index (κ2) is 3.90. The predicted octanol–water partition coefficient (Wildman–Crippen LogP) is 2.18. The molecule has 0 aliphatic heterocycles. The molecule has 13 heavy (non-hydrogen) atoms. The van der Waals surface area contributed by atoms with Crippen molar-refractivity contribution in [2.24, 2.45) is 5.73 Å². The van der Waals surface area contributed by atoms with E-state index in [1.807, 2.05) is 6.92 Å². The number of hydrogen-bond acceptors (Lipinski definition) is 2. The molecule has 1 aromatic rings. The van der Waals surface area contributed by atoms with Gasteiger partial charge in [-0.1, -0.05) is 11.6 Å². The molecule has 0 amide bonds. The van der Waals surface area contributed by atoms with Gasteiger partial charge in [0.1, 0.15) is 0 Å². The van der Waals surface area contributed by atoms with Crippen molar-refractivity contribution in [1.82, 2.24) is 0 Å². The number of carbonyl (C=O) groups is 1. The van der Waals surface area contributed by atoms with E-state index in [4.69, 9.17) is 17.3 Å². The molecule has 0 saturated carbocycles. The Kier molecular flexibility index (Phi) is 3.07. The highest BCUT2D eigenvalue weighted by atomic mass is 35.5. The highest BCUT2D eigenvalue weighted by molar-refractivity contribution is 6.31. The van der Waals surface area contributed by atoms with Crippen LogP contribution in [0.1, 0.15) is 22.8 Å². The lowest BCUT2D eigenvalue weighted by Gasteiger charge is -2.05. The number of halogens is 1. The monoisotopic (exact) mass is 197 g/mol. The molecule has 0 aliphatic rings. The van der Waals surface area contributed by atoms with Gasteiger partial charge in [-0.2, -0.15) is 0 Å². The zero-order valence-corrected chi connectivity index (χ0v) is 8.43. The Bertz CT molecular complexity index is 313. The molecule has 3 heteroatoms. The van der Waals surface area contributed by atoms with Crippen LogP contribution in [-0.2, 0) is 0 Å². The molecule has 0 fully saturated rings. The van der Waals surface area contributed by atoms with Crippen molar-refractivity contribution in [2.45, 2.75) is 19.9 Å². The van der Waals surface area contributed by atoms with E-state index >= 15 is 0 Å². The molecular weight excluding hydrogens is 186 g/mol. The molecule has 2 nitrogen and oxygen atoms in total. The van der Waals surface area contributed by atoms with Gasteiger partial charge in [-0.25, -0.2) is 0 Å². The molecule has 0 heterocycles. The first kappa shape index (κ1) is 10.2. The lowest BCUT2D eigenvalue weighted by atomic mass is 10.0. The first-order valence-corrected chi connectivity index (χ1v) is 4.45. The van der Waals surface area contributed by atoms with E-state index in [1.165, 1.54) is 0 Å². The molecule has 2 N–H and O–H groups in total. The molecule has 0 radical (unpaired) electrons. The smallest absolute Gasteiger partial charge is 0.179 e. The van der Waals surface area contributed by atoms with Gasteiger partial charge in [0.15, 0.2) is 5.78 Å². The second-order valence-electron chi connectivity index (χ2n) is 3.17. The third kappa shape index (κ3) is 2.54. The number of nitrogens with two attached hydrogens (primary N) is 1. The highest BCUT2D eigenvalue weighted by Crippen LogP contribution is 2.15. The van der Waals surface area contributed by atoms with Gasteiger partial charge in [0.25, 0.3) is 0 Å². The second-order valence-corrected chi connectivity index (χ2v) is 3.61. The maximum absolute atomic E-state index is 11.5. The number of benzene rings is 1. The van der Waals surface area contributed by atoms with E-state index in [1.54, 1.807) is 25.1 Å². The first-order valence-electron chi connectivity index (χ1n) is 4.07.